The van der Waals surface area contributed by atoms with Crippen LogP contribution < -0.4 is 19.1 Å². The molecule has 0 radical (unpaired) electrons. The third kappa shape index (κ3) is 3.12. The zero-order valence-corrected chi connectivity index (χ0v) is 18.4. The minimum Gasteiger partial charge on any atom is -0.507 e. The highest BCUT2D eigenvalue weighted by Gasteiger charge is 2.47. The summed E-state index contributed by atoms with van der Waals surface area (Å²) in [5, 5.41) is 11.4. The first-order valence-electron chi connectivity index (χ1n) is 11.0. The standard InChI is InChI=1S/C27H21NO6/c1-15-3-2-4-17(11-15)24-23(25(29)18-5-7-20-16(12-18)9-10-32-20)26(30)27(31)28(24)19-6-8-21-22(13-19)34-14-33-21/h2-8,11-13,24,29H,9-10,14H2,1H3/b25-23+. The summed E-state index contributed by atoms with van der Waals surface area (Å²) in [6.07, 6.45) is 0.725. The Bertz CT molecular complexity index is 1390. The number of benzene rings is 3. The Morgan fingerprint density at radius 2 is 1.76 bits per heavy atom. The van der Waals surface area contributed by atoms with Crippen LogP contribution in [-0.2, 0) is 16.0 Å². The highest BCUT2D eigenvalue weighted by molar-refractivity contribution is 6.51. The number of carbonyl (C=O) groups is 2. The van der Waals surface area contributed by atoms with Gasteiger partial charge in [-0.25, -0.2) is 0 Å². The van der Waals surface area contributed by atoms with Crippen LogP contribution in [0.25, 0.3) is 5.76 Å². The van der Waals surface area contributed by atoms with Gasteiger partial charge in [0, 0.05) is 23.7 Å². The van der Waals surface area contributed by atoms with Crippen LogP contribution in [0.1, 0.15) is 28.3 Å². The first-order valence-corrected chi connectivity index (χ1v) is 11.0. The Morgan fingerprint density at radius 1 is 0.941 bits per heavy atom. The molecular formula is C27H21NO6. The molecule has 1 unspecified atom stereocenters. The fourth-order valence-electron chi connectivity index (χ4n) is 4.78. The molecule has 1 N–H and O–H groups in total. The number of aliphatic hydroxyl groups is 1. The molecule has 1 atom stereocenters. The van der Waals surface area contributed by atoms with E-state index in [2.05, 4.69) is 0 Å². The van der Waals surface area contributed by atoms with E-state index in [4.69, 9.17) is 14.2 Å². The van der Waals surface area contributed by atoms with Crippen LogP contribution in [0.15, 0.2) is 66.2 Å². The summed E-state index contributed by atoms with van der Waals surface area (Å²) >= 11 is 0. The quantitative estimate of drug-likeness (QED) is 0.360. The van der Waals surface area contributed by atoms with Crippen molar-refractivity contribution in [3.05, 3.63) is 88.5 Å². The Kier molecular flexibility index (Phi) is 4.58. The van der Waals surface area contributed by atoms with E-state index in [0.29, 0.717) is 29.4 Å². The maximum atomic E-state index is 13.4. The summed E-state index contributed by atoms with van der Waals surface area (Å²) in [4.78, 5) is 28.1. The summed E-state index contributed by atoms with van der Waals surface area (Å²) in [6, 6.07) is 17.2. The Hall–Kier alpha value is -4.26. The molecule has 34 heavy (non-hydrogen) atoms. The number of hydrogen-bond acceptors (Lipinski definition) is 6. The number of anilines is 1. The van der Waals surface area contributed by atoms with Gasteiger partial charge in [0.1, 0.15) is 11.5 Å². The van der Waals surface area contributed by atoms with Gasteiger partial charge in [-0.15, -0.1) is 0 Å². The van der Waals surface area contributed by atoms with Gasteiger partial charge in [0.25, 0.3) is 11.7 Å². The first kappa shape index (κ1) is 20.4. The lowest BCUT2D eigenvalue weighted by Gasteiger charge is -2.26. The molecule has 170 valence electrons. The summed E-state index contributed by atoms with van der Waals surface area (Å²) in [7, 11) is 0. The third-order valence-electron chi connectivity index (χ3n) is 6.40. The fraction of sp³-hybridized carbons (Fsp3) is 0.185. The highest BCUT2D eigenvalue weighted by Crippen LogP contribution is 2.45. The number of aliphatic hydroxyl groups excluding tert-OH is 1. The Labute approximate surface area is 195 Å². The number of amides is 1. The van der Waals surface area contributed by atoms with E-state index in [-0.39, 0.29) is 18.1 Å². The monoisotopic (exact) mass is 455 g/mol. The van der Waals surface area contributed by atoms with Crippen molar-refractivity contribution in [2.75, 3.05) is 18.3 Å². The second kappa shape index (κ2) is 7.66. The number of rotatable bonds is 3. The van der Waals surface area contributed by atoms with Crippen molar-refractivity contribution >= 4 is 23.1 Å². The summed E-state index contributed by atoms with van der Waals surface area (Å²) < 4.78 is 16.4. The number of aryl methyl sites for hydroxylation is 1. The lowest BCUT2D eigenvalue weighted by atomic mass is 9.93. The smallest absolute Gasteiger partial charge is 0.300 e. The van der Waals surface area contributed by atoms with Gasteiger partial charge >= 0.3 is 0 Å². The maximum Gasteiger partial charge on any atom is 0.300 e. The van der Waals surface area contributed by atoms with Crippen LogP contribution in [0.3, 0.4) is 0 Å². The van der Waals surface area contributed by atoms with Gasteiger partial charge in [-0.2, -0.15) is 0 Å². The van der Waals surface area contributed by atoms with Crippen LogP contribution in [0.2, 0.25) is 0 Å². The van der Waals surface area contributed by atoms with Crippen LogP contribution >= 0.6 is 0 Å². The van der Waals surface area contributed by atoms with E-state index >= 15 is 0 Å². The molecule has 3 aromatic rings. The van der Waals surface area contributed by atoms with E-state index in [1.165, 1.54) is 4.90 Å². The van der Waals surface area contributed by atoms with Crippen LogP contribution in [0.5, 0.6) is 17.2 Å². The van der Waals surface area contributed by atoms with E-state index in [1.807, 2.05) is 37.3 Å². The van der Waals surface area contributed by atoms with Crippen molar-refractivity contribution in [2.45, 2.75) is 19.4 Å². The Morgan fingerprint density at radius 3 is 2.62 bits per heavy atom. The number of fused-ring (bicyclic) bond motifs is 2. The van der Waals surface area contributed by atoms with Crippen LogP contribution in [0.4, 0.5) is 5.69 Å². The minimum atomic E-state index is -0.801. The van der Waals surface area contributed by atoms with Crippen molar-refractivity contribution in [3.8, 4) is 17.2 Å². The Balaban J connectivity index is 1.54. The molecule has 7 heteroatoms. The number of Topliss-reactive ketones (excluding diaryl/α,β-unsaturated/α-hetero) is 1. The summed E-state index contributed by atoms with van der Waals surface area (Å²) in [5.41, 5.74) is 3.67. The second-order valence-electron chi connectivity index (χ2n) is 8.54. The molecule has 0 aromatic heterocycles. The van der Waals surface area contributed by atoms with Gasteiger partial charge in [-0.05, 0) is 48.4 Å². The minimum absolute atomic E-state index is 0.0483. The van der Waals surface area contributed by atoms with Gasteiger partial charge in [0.15, 0.2) is 11.5 Å². The molecule has 7 nitrogen and oxygen atoms in total. The van der Waals surface area contributed by atoms with Crippen molar-refractivity contribution < 1.29 is 28.9 Å². The molecule has 1 amide bonds. The number of ketones is 1. The zero-order chi connectivity index (χ0) is 23.4. The molecule has 3 heterocycles. The maximum absolute atomic E-state index is 13.4. The molecule has 1 saturated heterocycles. The first-order chi connectivity index (χ1) is 16.5. The fourth-order valence-corrected chi connectivity index (χ4v) is 4.78. The molecular weight excluding hydrogens is 434 g/mol. The van der Waals surface area contributed by atoms with E-state index in [0.717, 1.165) is 28.9 Å². The lowest BCUT2D eigenvalue weighted by molar-refractivity contribution is -0.132. The average Bonchev–Trinajstić information content (AvgIpc) is 3.56. The zero-order valence-electron chi connectivity index (χ0n) is 18.4. The highest BCUT2D eigenvalue weighted by atomic mass is 16.7. The molecule has 3 aliphatic rings. The van der Waals surface area contributed by atoms with E-state index < -0.39 is 17.7 Å². The summed E-state index contributed by atoms with van der Waals surface area (Å²) in [5.74, 6) is 0.194. The van der Waals surface area contributed by atoms with Crippen molar-refractivity contribution in [2.24, 2.45) is 0 Å². The van der Waals surface area contributed by atoms with Crippen molar-refractivity contribution in [1.82, 2.24) is 0 Å². The van der Waals surface area contributed by atoms with Gasteiger partial charge in [-0.1, -0.05) is 29.8 Å². The molecule has 0 aliphatic carbocycles. The SMILES string of the molecule is Cc1cccc(C2/C(=C(\O)c3ccc4c(c3)CCO4)C(=O)C(=O)N2c2ccc3c(c2)OCO3)c1. The predicted molar refractivity (Wildman–Crippen MR) is 124 cm³/mol. The molecule has 0 saturated carbocycles. The molecule has 0 bridgehead atoms. The number of ether oxygens (including phenoxy) is 3. The van der Waals surface area contributed by atoms with Gasteiger partial charge in [-0.3, -0.25) is 14.5 Å². The normalized spacial score (nSPS) is 19.9. The number of carbonyl (C=O) groups excluding carboxylic acids is 2. The third-order valence-corrected chi connectivity index (χ3v) is 6.40. The predicted octanol–water partition coefficient (Wildman–Crippen LogP) is 4.28. The topological polar surface area (TPSA) is 85.3 Å². The van der Waals surface area contributed by atoms with Crippen molar-refractivity contribution in [1.29, 1.82) is 0 Å². The molecule has 3 aliphatic heterocycles. The molecule has 3 aromatic carbocycles. The number of nitrogens with zero attached hydrogens (tertiary/aromatic N) is 1. The number of hydrogen-bond donors (Lipinski definition) is 1. The van der Waals surface area contributed by atoms with Gasteiger partial charge < -0.3 is 19.3 Å². The van der Waals surface area contributed by atoms with Crippen LogP contribution in [0, 0.1) is 6.92 Å². The molecule has 1 fully saturated rings. The van der Waals surface area contributed by atoms with Gasteiger partial charge in [0.2, 0.25) is 6.79 Å². The second-order valence-corrected chi connectivity index (χ2v) is 8.54. The van der Waals surface area contributed by atoms with E-state index in [9.17, 15) is 14.7 Å². The van der Waals surface area contributed by atoms with Gasteiger partial charge in [0.05, 0.1) is 18.2 Å². The largest absolute Gasteiger partial charge is 0.507 e. The van der Waals surface area contributed by atoms with E-state index in [1.54, 1.807) is 30.3 Å². The van der Waals surface area contributed by atoms with Crippen molar-refractivity contribution in [3.63, 3.8) is 0 Å². The summed E-state index contributed by atoms with van der Waals surface area (Å²) in [6.45, 7) is 2.62. The molecule has 0 spiro atoms. The molecule has 6 rings (SSSR count). The lowest BCUT2D eigenvalue weighted by Crippen LogP contribution is -2.29. The average molecular weight is 455 g/mol. The van der Waals surface area contributed by atoms with Crippen LogP contribution in [-0.4, -0.2) is 30.2 Å².